The van der Waals surface area contributed by atoms with Crippen molar-refractivity contribution < 1.29 is 9.53 Å². The fraction of sp³-hybridized carbons (Fsp3) is 0.667. The van der Waals surface area contributed by atoms with Crippen LogP contribution in [0, 0.1) is 0 Å². The van der Waals surface area contributed by atoms with E-state index in [1.807, 2.05) is 11.8 Å². The predicted molar refractivity (Wildman–Crippen MR) is 104 cm³/mol. The third kappa shape index (κ3) is 4.80. The number of amides is 1. The number of rotatable bonds is 4. The Bertz CT molecular complexity index is 596. The third-order valence-electron chi connectivity index (χ3n) is 4.70. The van der Waals surface area contributed by atoms with E-state index >= 15 is 0 Å². The second-order valence-electron chi connectivity index (χ2n) is 6.45. The molecule has 1 unspecified atom stereocenters. The Balaban J connectivity index is 1.73. The lowest BCUT2D eigenvalue weighted by atomic mass is 10.2. The van der Waals surface area contributed by atoms with E-state index in [9.17, 15) is 4.79 Å². The lowest BCUT2D eigenvalue weighted by Gasteiger charge is -2.28. The SMILES string of the molecule is CCSC1CCCCN(c2ncc(C(=O)N3CCOCC3)cc2Cl)C1. The lowest BCUT2D eigenvalue weighted by Crippen LogP contribution is -2.40. The molecule has 0 aliphatic carbocycles. The maximum atomic E-state index is 12.6. The van der Waals surface area contributed by atoms with Crippen molar-refractivity contribution in [3.8, 4) is 0 Å². The molecule has 2 aliphatic rings. The highest BCUT2D eigenvalue weighted by Crippen LogP contribution is 2.30. The van der Waals surface area contributed by atoms with Crippen molar-refractivity contribution >= 4 is 35.1 Å². The minimum absolute atomic E-state index is 0.0143. The molecular formula is C18H26ClN3O2S. The molecule has 3 heterocycles. The highest BCUT2D eigenvalue weighted by molar-refractivity contribution is 7.99. The van der Waals surface area contributed by atoms with Gasteiger partial charge in [0.25, 0.3) is 5.91 Å². The molecule has 0 spiro atoms. The number of thioether (sulfide) groups is 1. The predicted octanol–water partition coefficient (Wildman–Crippen LogP) is 3.32. The van der Waals surface area contributed by atoms with Gasteiger partial charge in [0, 0.05) is 37.6 Å². The van der Waals surface area contributed by atoms with Crippen molar-refractivity contribution in [2.75, 3.05) is 50.0 Å². The van der Waals surface area contributed by atoms with Crippen molar-refractivity contribution in [2.24, 2.45) is 0 Å². The van der Waals surface area contributed by atoms with Crippen LogP contribution >= 0.6 is 23.4 Å². The third-order valence-corrected chi connectivity index (χ3v) is 6.16. The van der Waals surface area contributed by atoms with E-state index in [0.717, 1.165) is 31.1 Å². The minimum Gasteiger partial charge on any atom is -0.378 e. The van der Waals surface area contributed by atoms with Gasteiger partial charge >= 0.3 is 0 Å². The summed E-state index contributed by atoms with van der Waals surface area (Å²) in [6.45, 7) is 6.59. The highest BCUT2D eigenvalue weighted by atomic mass is 35.5. The summed E-state index contributed by atoms with van der Waals surface area (Å²) in [7, 11) is 0. The quantitative estimate of drug-likeness (QED) is 0.798. The van der Waals surface area contributed by atoms with Crippen LogP contribution in [-0.2, 0) is 4.74 Å². The van der Waals surface area contributed by atoms with Crippen molar-refractivity contribution in [2.45, 2.75) is 31.4 Å². The molecular weight excluding hydrogens is 358 g/mol. The van der Waals surface area contributed by atoms with Gasteiger partial charge < -0.3 is 14.5 Å². The van der Waals surface area contributed by atoms with Crippen LogP contribution in [0.4, 0.5) is 5.82 Å². The zero-order chi connectivity index (χ0) is 17.6. The number of nitrogens with zero attached hydrogens (tertiary/aromatic N) is 3. The van der Waals surface area contributed by atoms with Crippen LogP contribution in [0.2, 0.25) is 5.02 Å². The van der Waals surface area contributed by atoms with Crippen molar-refractivity contribution in [3.63, 3.8) is 0 Å². The van der Waals surface area contributed by atoms with E-state index in [-0.39, 0.29) is 5.91 Å². The van der Waals surface area contributed by atoms with Crippen LogP contribution in [0.15, 0.2) is 12.3 Å². The maximum Gasteiger partial charge on any atom is 0.255 e. The van der Waals surface area contributed by atoms with Gasteiger partial charge in [0.1, 0.15) is 5.82 Å². The van der Waals surface area contributed by atoms with Gasteiger partial charge in [-0.15, -0.1) is 0 Å². The van der Waals surface area contributed by atoms with Gasteiger partial charge in [-0.2, -0.15) is 11.8 Å². The molecule has 1 aromatic heterocycles. The Morgan fingerprint density at radius 1 is 1.36 bits per heavy atom. The summed E-state index contributed by atoms with van der Waals surface area (Å²) < 4.78 is 5.31. The molecule has 25 heavy (non-hydrogen) atoms. The minimum atomic E-state index is -0.0143. The highest BCUT2D eigenvalue weighted by Gasteiger charge is 2.23. The smallest absolute Gasteiger partial charge is 0.255 e. The first-order valence-corrected chi connectivity index (χ1v) is 10.5. The van der Waals surface area contributed by atoms with E-state index in [0.29, 0.717) is 42.1 Å². The molecule has 1 aromatic rings. The van der Waals surface area contributed by atoms with Crippen LogP contribution in [0.1, 0.15) is 36.5 Å². The molecule has 0 bridgehead atoms. The Labute approximate surface area is 159 Å². The van der Waals surface area contributed by atoms with Crippen LogP contribution in [0.5, 0.6) is 0 Å². The zero-order valence-corrected chi connectivity index (χ0v) is 16.3. The fourth-order valence-electron chi connectivity index (χ4n) is 3.40. The summed E-state index contributed by atoms with van der Waals surface area (Å²) in [5.74, 6) is 1.93. The average Bonchev–Trinajstić information content (AvgIpc) is 2.87. The lowest BCUT2D eigenvalue weighted by molar-refractivity contribution is 0.0302. The standard InChI is InChI=1S/C18H26ClN3O2S/c1-2-25-15-5-3-4-6-22(13-15)17-16(19)11-14(12-20-17)18(23)21-7-9-24-10-8-21/h11-12,15H,2-10,13H2,1H3. The molecule has 3 rings (SSSR count). The molecule has 0 saturated carbocycles. The van der Waals surface area contributed by atoms with Gasteiger partial charge in [-0.25, -0.2) is 4.98 Å². The number of morpholine rings is 1. The molecule has 5 nitrogen and oxygen atoms in total. The van der Waals surface area contributed by atoms with Crippen LogP contribution in [-0.4, -0.2) is 66.2 Å². The molecule has 0 N–H and O–H groups in total. The van der Waals surface area contributed by atoms with E-state index in [4.69, 9.17) is 16.3 Å². The first kappa shape index (κ1) is 18.8. The normalized spacial score (nSPS) is 21.9. The number of hydrogen-bond acceptors (Lipinski definition) is 5. The van der Waals surface area contributed by atoms with Crippen molar-refractivity contribution in [1.82, 2.24) is 9.88 Å². The largest absolute Gasteiger partial charge is 0.378 e. The Morgan fingerprint density at radius 2 is 2.16 bits per heavy atom. The second kappa shape index (κ2) is 9.10. The van der Waals surface area contributed by atoms with Gasteiger partial charge in [-0.1, -0.05) is 24.9 Å². The van der Waals surface area contributed by atoms with Gasteiger partial charge in [-0.3, -0.25) is 4.79 Å². The molecule has 2 saturated heterocycles. The van der Waals surface area contributed by atoms with E-state index in [2.05, 4.69) is 16.8 Å². The number of hydrogen-bond donors (Lipinski definition) is 0. The Kier molecular flexibility index (Phi) is 6.84. The molecule has 2 aliphatic heterocycles. The molecule has 0 radical (unpaired) electrons. The van der Waals surface area contributed by atoms with E-state index < -0.39 is 0 Å². The topological polar surface area (TPSA) is 45.7 Å². The maximum absolute atomic E-state index is 12.6. The summed E-state index contributed by atoms with van der Waals surface area (Å²) in [4.78, 5) is 21.2. The zero-order valence-electron chi connectivity index (χ0n) is 14.7. The molecule has 0 aromatic carbocycles. The monoisotopic (exact) mass is 383 g/mol. The number of halogens is 1. The van der Waals surface area contributed by atoms with E-state index in [1.54, 1.807) is 17.2 Å². The van der Waals surface area contributed by atoms with Gasteiger partial charge in [0.15, 0.2) is 0 Å². The van der Waals surface area contributed by atoms with E-state index in [1.165, 1.54) is 12.8 Å². The molecule has 2 fully saturated rings. The summed E-state index contributed by atoms with van der Waals surface area (Å²) in [6.07, 6.45) is 5.33. The number of aromatic nitrogens is 1. The Hall–Kier alpha value is -0.980. The fourth-order valence-corrected chi connectivity index (χ4v) is 4.77. The molecule has 138 valence electrons. The molecule has 1 amide bonds. The van der Waals surface area contributed by atoms with Crippen molar-refractivity contribution in [3.05, 3.63) is 22.8 Å². The molecule has 1 atom stereocenters. The summed E-state index contributed by atoms with van der Waals surface area (Å²) in [5.41, 5.74) is 0.560. The first-order valence-electron chi connectivity index (χ1n) is 9.08. The number of carbonyl (C=O) groups is 1. The van der Waals surface area contributed by atoms with Gasteiger partial charge in [-0.05, 0) is 24.7 Å². The first-order chi connectivity index (χ1) is 12.2. The number of carbonyl (C=O) groups excluding carboxylic acids is 1. The summed E-state index contributed by atoms with van der Waals surface area (Å²) in [6, 6.07) is 1.77. The number of anilines is 1. The van der Waals surface area contributed by atoms with Crippen LogP contribution in [0.25, 0.3) is 0 Å². The number of pyridine rings is 1. The summed E-state index contributed by atoms with van der Waals surface area (Å²) >= 11 is 8.53. The average molecular weight is 384 g/mol. The second-order valence-corrected chi connectivity index (χ2v) is 8.44. The van der Waals surface area contributed by atoms with Crippen LogP contribution in [0.3, 0.4) is 0 Å². The van der Waals surface area contributed by atoms with Gasteiger partial charge in [0.05, 0.1) is 23.8 Å². The van der Waals surface area contributed by atoms with Crippen molar-refractivity contribution in [1.29, 1.82) is 0 Å². The summed E-state index contributed by atoms with van der Waals surface area (Å²) in [5, 5.41) is 1.20. The van der Waals surface area contributed by atoms with Gasteiger partial charge in [0.2, 0.25) is 0 Å². The molecule has 7 heteroatoms. The van der Waals surface area contributed by atoms with Crippen LogP contribution < -0.4 is 4.90 Å². The number of ether oxygens (including phenoxy) is 1. The Morgan fingerprint density at radius 3 is 2.88 bits per heavy atom.